The minimum atomic E-state index is -4.39. The average molecular weight is 489 g/mol. The van der Waals surface area contributed by atoms with Crippen molar-refractivity contribution in [1.82, 2.24) is 10.6 Å². The van der Waals surface area contributed by atoms with Crippen molar-refractivity contribution < 1.29 is 23.0 Å². The van der Waals surface area contributed by atoms with Crippen LogP contribution in [0.2, 0.25) is 0 Å². The lowest BCUT2D eigenvalue weighted by molar-refractivity contribution is -0.153. The van der Waals surface area contributed by atoms with E-state index < -0.39 is 12.8 Å². The van der Waals surface area contributed by atoms with Crippen molar-refractivity contribution in [2.75, 3.05) is 26.3 Å². The zero-order valence-corrected chi connectivity index (χ0v) is 17.5. The molecule has 1 unspecified atom stereocenters. The second kappa shape index (κ2) is 12.2. The summed E-state index contributed by atoms with van der Waals surface area (Å²) in [5.74, 6) is 0.778. The van der Waals surface area contributed by atoms with Crippen molar-refractivity contribution in [2.24, 2.45) is 10.9 Å². The lowest BCUT2D eigenvalue weighted by Crippen LogP contribution is -2.39. The number of nitrogens with zero attached hydrogens (tertiary/aromatic N) is 1. The number of hydrogen-bond acceptors (Lipinski definition) is 3. The SMILES string of the molecule is CCNC(=NCc1ccc(C)cc1OCC(F)(F)F)NCC(C)CO.I. The van der Waals surface area contributed by atoms with Crippen LogP contribution in [0.25, 0.3) is 0 Å². The number of ether oxygens (including phenoxy) is 1. The second-order valence-electron chi connectivity index (χ2n) is 5.88. The summed E-state index contributed by atoms with van der Waals surface area (Å²) in [5, 5.41) is 15.2. The highest BCUT2D eigenvalue weighted by atomic mass is 127. The van der Waals surface area contributed by atoms with Gasteiger partial charge in [-0.2, -0.15) is 13.2 Å². The lowest BCUT2D eigenvalue weighted by Gasteiger charge is -2.15. The molecule has 3 N–H and O–H groups in total. The van der Waals surface area contributed by atoms with Gasteiger partial charge in [0, 0.05) is 25.3 Å². The molecule has 26 heavy (non-hydrogen) atoms. The molecule has 0 spiro atoms. The van der Waals surface area contributed by atoms with Gasteiger partial charge in [-0.15, -0.1) is 24.0 Å². The Hall–Kier alpha value is -1.23. The van der Waals surface area contributed by atoms with E-state index in [9.17, 15) is 13.2 Å². The van der Waals surface area contributed by atoms with Crippen LogP contribution in [-0.2, 0) is 6.54 Å². The first-order valence-corrected chi connectivity index (χ1v) is 8.17. The van der Waals surface area contributed by atoms with Gasteiger partial charge in [0.2, 0.25) is 0 Å². The molecule has 150 valence electrons. The normalized spacial score (nSPS) is 13.0. The zero-order chi connectivity index (χ0) is 18.9. The minimum absolute atomic E-state index is 0. The van der Waals surface area contributed by atoms with Gasteiger partial charge < -0.3 is 20.5 Å². The van der Waals surface area contributed by atoms with Crippen LogP contribution in [0.1, 0.15) is 25.0 Å². The molecule has 0 aliphatic rings. The lowest BCUT2D eigenvalue weighted by atomic mass is 10.1. The molecule has 1 aromatic carbocycles. The van der Waals surface area contributed by atoms with Crippen molar-refractivity contribution in [3.8, 4) is 5.75 Å². The number of aliphatic hydroxyl groups is 1. The molecule has 0 saturated heterocycles. The van der Waals surface area contributed by atoms with Crippen LogP contribution in [0.4, 0.5) is 13.2 Å². The van der Waals surface area contributed by atoms with Crippen molar-refractivity contribution in [3.63, 3.8) is 0 Å². The second-order valence-corrected chi connectivity index (χ2v) is 5.88. The summed E-state index contributed by atoms with van der Waals surface area (Å²) in [7, 11) is 0. The van der Waals surface area contributed by atoms with E-state index in [-0.39, 0.29) is 48.8 Å². The van der Waals surface area contributed by atoms with Gasteiger partial charge >= 0.3 is 6.18 Å². The Labute approximate surface area is 169 Å². The maximum atomic E-state index is 12.4. The summed E-state index contributed by atoms with van der Waals surface area (Å²) in [6.45, 7) is 5.67. The fourth-order valence-corrected chi connectivity index (χ4v) is 1.93. The summed E-state index contributed by atoms with van der Waals surface area (Å²) in [5.41, 5.74) is 1.38. The largest absolute Gasteiger partial charge is 0.484 e. The maximum Gasteiger partial charge on any atom is 0.422 e. The average Bonchev–Trinajstić information content (AvgIpc) is 2.55. The first-order chi connectivity index (χ1) is 11.7. The number of hydrogen-bond donors (Lipinski definition) is 3. The molecule has 0 fully saturated rings. The molecule has 0 amide bonds. The van der Waals surface area contributed by atoms with E-state index in [2.05, 4.69) is 15.6 Å². The Morgan fingerprint density at radius 3 is 2.58 bits per heavy atom. The first kappa shape index (κ1) is 24.8. The topological polar surface area (TPSA) is 65.9 Å². The number of aryl methyl sites for hydroxylation is 1. The van der Waals surface area contributed by atoms with E-state index >= 15 is 0 Å². The summed E-state index contributed by atoms with van der Waals surface area (Å²) in [6, 6.07) is 5.09. The van der Waals surface area contributed by atoms with Crippen molar-refractivity contribution in [1.29, 1.82) is 0 Å². The summed E-state index contributed by atoms with van der Waals surface area (Å²) >= 11 is 0. The van der Waals surface area contributed by atoms with E-state index in [0.717, 1.165) is 5.56 Å². The van der Waals surface area contributed by atoms with Crippen molar-refractivity contribution >= 4 is 29.9 Å². The molecule has 0 saturated carbocycles. The third kappa shape index (κ3) is 10.0. The van der Waals surface area contributed by atoms with E-state index in [1.807, 2.05) is 13.8 Å². The predicted molar refractivity (Wildman–Crippen MR) is 107 cm³/mol. The zero-order valence-electron chi connectivity index (χ0n) is 15.2. The first-order valence-electron chi connectivity index (χ1n) is 8.17. The molecular formula is C17H27F3IN3O2. The summed E-state index contributed by atoms with van der Waals surface area (Å²) < 4.78 is 42.1. The number of rotatable bonds is 8. The quantitative estimate of drug-likeness (QED) is 0.298. The molecule has 0 radical (unpaired) electrons. The van der Waals surface area contributed by atoms with Gasteiger partial charge in [-0.25, -0.2) is 4.99 Å². The molecule has 1 aromatic rings. The third-order valence-electron chi connectivity index (χ3n) is 3.30. The van der Waals surface area contributed by atoms with Crippen LogP contribution in [0.3, 0.4) is 0 Å². The summed E-state index contributed by atoms with van der Waals surface area (Å²) in [4.78, 5) is 4.38. The Bertz CT molecular complexity index is 569. The molecule has 1 atom stereocenters. The van der Waals surface area contributed by atoms with Crippen molar-refractivity contribution in [2.45, 2.75) is 33.5 Å². The third-order valence-corrected chi connectivity index (χ3v) is 3.30. The number of guanidine groups is 1. The van der Waals surface area contributed by atoms with Gasteiger partial charge in [0.15, 0.2) is 12.6 Å². The van der Waals surface area contributed by atoms with E-state index in [4.69, 9.17) is 9.84 Å². The molecule has 0 aliphatic heterocycles. The monoisotopic (exact) mass is 489 g/mol. The van der Waals surface area contributed by atoms with Crippen molar-refractivity contribution in [3.05, 3.63) is 29.3 Å². The van der Waals surface area contributed by atoms with Gasteiger partial charge in [0.1, 0.15) is 5.75 Å². The summed E-state index contributed by atoms with van der Waals surface area (Å²) in [6.07, 6.45) is -4.39. The van der Waals surface area contributed by atoms with Gasteiger partial charge in [-0.05, 0) is 31.4 Å². The molecule has 9 heteroatoms. The fourth-order valence-electron chi connectivity index (χ4n) is 1.93. The number of halogens is 4. The number of alkyl halides is 3. The number of nitrogens with one attached hydrogen (secondary N) is 2. The van der Waals surface area contributed by atoms with Crippen LogP contribution in [-0.4, -0.2) is 43.5 Å². The van der Waals surface area contributed by atoms with Crippen LogP contribution < -0.4 is 15.4 Å². The van der Waals surface area contributed by atoms with E-state index in [0.29, 0.717) is 24.6 Å². The number of benzene rings is 1. The molecule has 0 aliphatic carbocycles. The van der Waals surface area contributed by atoms with E-state index in [1.54, 1.807) is 25.1 Å². The van der Waals surface area contributed by atoms with Crippen LogP contribution in [0.15, 0.2) is 23.2 Å². The van der Waals surface area contributed by atoms with Gasteiger partial charge in [-0.3, -0.25) is 0 Å². The molecular weight excluding hydrogens is 462 g/mol. The molecule has 1 rings (SSSR count). The number of aliphatic imine (C=N–C) groups is 1. The van der Waals surface area contributed by atoms with Crippen LogP contribution in [0.5, 0.6) is 5.75 Å². The smallest absolute Gasteiger partial charge is 0.422 e. The molecule has 0 bridgehead atoms. The van der Waals surface area contributed by atoms with Gasteiger partial charge in [-0.1, -0.05) is 19.1 Å². The molecule has 5 nitrogen and oxygen atoms in total. The maximum absolute atomic E-state index is 12.4. The standard InChI is InChI=1S/C17H26F3N3O2.HI/c1-4-21-16(22-8-13(3)10-24)23-9-14-6-5-12(2)7-15(14)25-11-17(18,19)20;/h5-7,13,24H,4,8-11H2,1-3H3,(H2,21,22,23);1H. The number of aliphatic hydroxyl groups excluding tert-OH is 1. The Kier molecular flexibility index (Phi) is 11.6. The Balaban J connectivity index is 0.00000625. The van der Waals surface area contributed by atoms with E-state index in [1.165, 1.54) is 0 Å². The van der Waals surface area contributed by atoms with Crippen LogP contribution in [0, 0.1) is 12.8 Å². The van der Waals surface area contributed by atoms with Gasteiger partial charge in [0.05, 0.1) is 6.54 Å². The Morgan fingerprint density at radius 2 is 2.00 bits per heavy atom. The Morgan fingerprint density at radius 1 is 1.31 bits per heavy atom. The molecule has 0 heterocycles. The fraction of sp³-hybridized carbons (Fsp3) is 0.588. The highest BCUT2D eigenvalue weighted by Crippen LogP contribution is 2.24. The highest BCUT2D eigenvalue weighted by Gasteiger charge is 2.28. The van der Waals surface area contributed by atoms with Crippen LogP contribution >= 0.6 is 24.0 Å². The predicted octanol–water partition coefficient (Wildman–Crippen LogP) is 3.24. The van der Waals surface area contributed by atoms with Gasteiger partial charge in [0.25, 0.3) is 0 Å². The molecule has 0 aromatic heterocycles. The minimum Gasteiger partial charge on any atom is -0.484 e. The highest BCUT2D eigenvalue weighted by molar-refractivity contribution is 14.0.